The second-order valence-corrected chi connectivity index (χ2v) is 9.05. The standard InChI is InChI=1S/C22H24N6S3/c29-21-25-23-19(27(21)17-9-3-1-4-10-17)13-7-15-31-16-8-14-20-24-26-22(30)28(20)18-11-5-2-6-12-18/h1-6,9-12H,7-8,13-16H2,(H,25,29)(H,26,30). The quantitative estimate of drug-likeness (QED) is 0.239. The van der Waals surface area contributed by atoms with Gasteiger partial charge in [0, 0.05) is 24.2 Å². The second kappa shape index (κ2) is 10.7. The Morgan fingerprint density at radius 2 is 1.10 bits per heavy atom. The molecule has 6 nitrogen and oxygen atoms in total. The van der Waals surface area contributed by atoms with E-state index in [-0.39, 0.29) is 0 Å². The van der Waals surface area contributed by atoms with E-state index in [1.54, 1.807) is 0 Å². The third-order valence-corrected chi connectivity index (χ3v) is 6.59. The van der Waals surface area contributed by atoms with Gasteiger partial charge in [-0.25, -0.2) is 0 Å². The highest BCUT2D eigenvalue weighted by molar-refractivity contribution is 7.99. The Labute approximate surface area is 195 Å². The molecule has 0 bridgehead atoms. The number of aromatic amines is 2. The van der Waals surface area contributed by atoms with E-state index < -0.39 is 0 Å². The van der Waals surface area contributed by atoms with Crippen LogP contribution in [0.4, 0.5) is 0 Å². The topological polar surface area (TPSA) is 67.2 Å². The molecule has 4 rings (SSSR count). The summed E-state index contributed by atoms with van der Waals surface area (Å²) in [6.07, 6.45) is 3.89. The Hall–Kier alpha value is -2.49. The van der Waals surface area contributed by atoms with Crippen LogP contribution in [0.1, 0.15) is 24.5 Å². The number of aromatic nitrogens is 6. The van der Waals surface area contributed by atoms with Gasteiger partial charge in [0.2, 0.25) is 0 Å². The molecule has 0 fully saturated rings. The molecule has 0 spiro atoms. The van der Waals surface area contributed by atoms with Crippen LogP contribution in [0.2, 0.25) is 0 Å². The highest BCUT2D eigenvalue weighted by Crippen LogP contribution is 2.16. The predicted octanol–water partition coefficient (Wildman–Crippen LogP) is 5.47. The molecule has 2 aromatic carbocycles. The molecule has 2 heterocycles. The minimum atomic E-state index is 0.640. The van der Waals surface area contributed by atoms with Gasteiger partial charge in [-0.1, -0.05) is 36.4 Å². The van der Waals surface area contributed by atoms with Gasteiger partial charge in [-0.3, -0.25) is 19.3 Å². The molecule has 0 saturated heterocycles. The molecule has 2 aromatic heterocycles. The lowest BCUT2D eigenvalue weighted by Crippen LogP contribution is -2.03. The van der Waals surface area contributed by atoms with Crippen molar-refractivity contribution in [1.82, 2.24) is 29.5 Å². The fourth-order valence-corrected chi connectivity index (χ4v) is 4.86. The Bertz CT molecular complexity index is 1110. The molecule has 0 saturated carbocycles. The monoisotopic (exact) mass is 468 g/mol. The minimum absolute atomic E-state index is 0.640. The SMILES string of the molecule is S=c1[nH]nc(CCCSCCCc2n[nH]c(=S)n2-c2ccccc2)n1-c1ccccc1. The van der Waals surface area contributed by atoms with Crippen molar-refractivity contribution in [2.45, 2.75) is 25.7 Å². The largest absolute Gasteiger partial charge is 0.272 e. The van der Waals surface area contributed by atoms with Gasteiger partial charge >= 0.3 is 0 Å². The third kappa shape index (κ3) is 5.41. The van der Waals surface area contributed by atoms with E-state index in [0.29, 0.717) is 9.54 Å². The van der Waals surface area contributed by atoms with E-state index >= 15 is 0 Å². The molecule has 0 aliphatic rings. The molecule has 31 heavy (non-hydrogen) atoms. The first-order valence-electron chi connectivity index (χ1n) is 10.3. The van der Waals surface area contributed by atoms with Crippen molar-refractivity contribution < 1.29 is 0 Å². The van der Waals surface area contributed by atoms with Crippen molar-refractivity contribution in [3.05, 3.63) is 81.9 Å². The van der Waals surface area contributed by atoms with Gasteiger partial charge < -0.3 is 0 Å². The summed E-state index contributed by atoms with van der Waals surface area (Å²) in [5, 5.41) is 14.7. The zero-order valence-electron chi connectivity index (χ0n) is 17.0. The van der Waals surface area contributed by atoms with Crippen LogP contribution in [-0.4, -0.2) is 41.0 Å². The highest BCUT2D eigenvalue weighted by Gasteiger charge is 2.09. The fourth-order valence-electron chi connectivity index (χ4n) is 3.45. The predicted molar refractivity (Wildman–Crippen MR) is 131 cm³/mol. The molecular formula is C22H24N6S3. The highest BCUT2D eigenvalue weighted by atomic mass is 32.2. The lowest BCUT2D eigenvalue weighted by atomic mass is 10.3. The summed E-state index contributed by atoms with van der Waals surface area (Å²) in [5.74, 6) is 4.13. The number of hydrogen-bond donors (Lipinski definition) is 2. The number of rotatable bonds is 10. The van der Waals surface area contributed by atoms with E-state index in [1.807, 2.05) is 57.3 Å². The van der Waals surface area contributed by atoms with Crippen molar-refractivity contribution in [1.29, 1.82) is 0 Å². The summed E-state index contributed by atoms with van der Waals surface area (Å²) in [5.41, 5.74) is 2.10. The van der Waals surface area contributed by atoms with Crippen LogP contribution >= 0.6 is 36.2 Å². The maximum absolute atomic E-state index is 5.41. The number of nitrogens with one attached hydrogen (secondary N) is 2. The van der Waals surface area contributed by atoms with Gasteiger partial charge in [0.15, 0.2) is 9.54 Å². The summed E-state index contributed by atoms with van der Waals surface area (Å²) < 4.78 is 5.32. The van der Waals surface area contributed by atoms with E-state index in [4.69, 9.17) is 24.4 Å². The number of benzene rings is 2. The summed E-state index contributed by atoms with van der Waals surface area (Å²) in [4.78, 5) is 0. The minimum Gasteiger partial charge on any atom is -0.272 e. The van der Waals surface area contributed by atoms with E-state index in [9.17, 15) is 0 Å². The van der Waals surface area contributed by atoms with Crippen LogP contribution < -0.4 is 0 Å². The average Bonchev–Trinajstić information content (AvgIpc) is 3.36. The van der Waals surface area contributed by atoms with E-state index in [2.05, 4.69) is 44.7 Å². The zero-order chi connectivity index (χ0) is 21.5. The van der Waals surface area contributed by atoms with Gasteiger partial charge in [-0.15, -0.1) is 0 Å². The van der Waals surface area contributed by atoms with Gasteiger partial charge in [-0.2, -0.15) is 22.0 Å². The number of para-hydroxylation sites is 2. The van der Waals surface area contributed by atoms with Gasteiger partial charge in [0.1, 0.15) is 11.6 Å². The summed E-state index contributed by atoms with van der Waals surface area (Å²) in [6.45, 7) is 0. The zero-order valence-corrected chi connectivity index (χ0v) is 19.5. The number of aryl methyl sites for hydroxylation is 2. The van der Waals surface area contributed by atoms with Crippen molar-refractivity contribution >= 4 is 36.2 Å². The van der Waals surface area contributed by atoms with Crippen molar-refractivity contribution in [3.63, 3.8) is 0 Å². The molecule has 9 heteroatoms. The smallest absolute Gasteiger partial charge is 0.199 e. The molecule has 2 N–H and O–H groups in total. The molecular weight excluding hydrogens is 444 g/mol. The van der Waals surface area contributed by atoms with Crippen molar-refractivity contribution in [2.24, 2.45) is 0 Å². The Balaban J connectivity index is 1.23. The lowest BCUT2D eigenvalue weighted by molar-refractivity contribution is 0.798. The number of thioether (sulfide) groups is 1. The Morgan fingerprint density at radius 3 is 1.52 bits per heavy atom. The van der Waals surface area contributed by atoms with Crippen LogP contribution in [0.3, 0.4) is 0 Å². The average molecular weight is 469 g/mol. The molecule has 0 atom stereocenters. The van der Waals surface area contributed by atoms with Crippen molar-refractivity contribution in [2.75, 3.05) is 11.5 Å². The number of H-pyrrole nitrogens is 2. The first kappa shape index (κ1) is 21.7. The molecule has 160 valence electrons. The maximum Gasteiger partial charge on any atom is 0.199 e. The van der Waals surface area contributed by atoms with Gasteiger partial charge in [0.25, 0.3) is 0 Å². The molecule has 0 radical (unpaired) electrons. The molecule has 0 amide bonds. The van der Waals surface area contributed by atoms with Crippen LogP contribution in [-0.2, 0) is 12.8 Å². The first-order valence-corrected chi connectivity index (χ1v) is 12.2. The lowest BCUT2D eigenvalue weighted by Gasteiger charge is -2.07. The number of hydrogen-bond acceptors (Lipinski definition) is 5. The molecule has 0 unspecified atom stereocenters. The third-order valence-electron chi connectivity index (χ3n) is 4.89. The number of nitrogens with zero attached hydrogens (tertiary/aromatic N) is 4. The molecule has 4 aromatic rings. The van der Waals surface area contributed by atoms with Crippen LogP contribution in [0, 0.1) is 9.54 Å². The van der Waals surface area contributed by atoms with Crippen LogP contribution in [0.25, 0.3) is 11.4 Å². The second-order valence-electron chi connectivity index (χ2n) is 7.05. The Kier molecular flexibility index (Phi) is 7.50. The van der Waals surface area contributed by atoms with Crippen LogP contribution in [0.15, 0.2) is 60.7 Å². The van der Waals surface area contributed by atoms with Crippen LogP contribution in [0.5, 0.6) is 0 Å². The van der Waals surface area contributed by atoms with E-state index in [1.165, 1.54) is 0 Å². The Morgan fingerprint density at radius 1 is 0.677 bits per heavy atom. The van der Waals surface area contributed by atoms with Gasteiger partial charge in [0.05, 0.1) is 0 Å². The van der Waals surface area contributed by atoms with Crippen molar-refractivity contribution in [3.8, 4) is 11.4 Å². The van der Waals surface area contributed by atoms with E-state index in [0.717, 1.165) is 60.2 Å². The molecule has 0 aliphatic heterocycles. The summed E-state index contributed by atoms with van der Waals surface area (Å²) in [6, 6.07) is 20.3. The van der Waals surface area contributed by atoms with Gasteiger partial charge in [-0.05, 0) is 73.0 Å². The summed E-state index contributed by atoms with van der Waals surface area (Å²) in [7, 11) is 0. The molecule has 0 aliphatic carbocycles. The fraction of sp³-hybridized carbons (Fsp3) is 0.273. The first-order chi connectivity index (χ1) is 15.2. The maximum atomic E-state index is 5.41. The summed E-state index contributed by atoms with van der Waals surface area (Å²) >= 11 is 12.8. The normalized spacial score (nSPS) is 11.1.